The number of aliphatic hydroxyl groups is 1. The quantitative estimate of drug-likeness (QED) is 0.274. The lowest BCUT2D eigenvalue weighted by atomic mass is 9.85. The van der Waals surface area contributed by atoms with Crippen LogP contribution in [0.15, 0.2) is 77.7 Å². The Balaban J connectivity index is 1.69. The van der Waals surface area contributed by atoms with Crippen LogP contribution in [0.5, 0.6) is 5.75 Å². The molecule has 1 aliphatic rings. The second-order valence-electron chi connectivity index (χ2n) is 11.2. The van der Waals surface area contributed by atoms with Gasteiger partial charge < -0.3 is 15.2 Å². The molecule has 0 aromatic heterocycles. The molecule has 1 amide bonds. The number of carbonyl (C=O) groups excluding carboxylic acids is 1. The van der Waals surface area contributed by atoms with Crippen LogP contribution < -0.4 is 10.1 Å². The van der Waals surface area contributed by atoms with Crippen molar-refractivity contribution in [1.29, 1.82) is 0 Å². The summed E-state index contributed by atoms with van der Waals surface area (Å²) >= 11 is 0. The van der Waals surface area contributed by atoms with Gasteiger partial charge in [0, 0.05) is 18.7 Å². The Morgan fingerprint density at radius 1 is 0.951 bits per heavy atom. The molecule has 2 atom stereocenters. The molecular weight excluding hydrogens is 536 g/mol. The zero-order valence-electron chi connectivity index (χ0n) is 24.5. The minimum atomic E-state index is -3.97. The number of aryl methyl sites for hydroxylation is 1. The summed E-state index contributed by atoms with van der Waals surface area (Å²) in [4.78, 5) is 13.0. The second kappa shape index (κ2) is 13.2. The van der Waals surface area contributed by atoms with Crippen molar-refractivity contribution in [3.63, 3.8) is 0 Å². The van der Waals surface area contributed by atoms with Gasteiger partial charge in [-0.3, -0.25) is 4.79 Å². The first-order chi connectivity index (χ1) is 19.6. The molecule has 0 bridgehead atoms. The number of fused-ring (bicyclic) bond motifs is 1. The smallest absolute Gasteiger partial charge is 0.243 e. The van der Waals surface area contributed by atoms with Gasteiger partial charge in [0.25, 0.3) is 0 Å². The Morgan fingerprint density at radius 2 is 1.63 bits per heavy atom. The summed E-state index contributed by atoms with van der Waals surface area (Å²) in [5.41, 5.74) is 2.30. The first-order valence-electron chi connectivity index (χ1n) is 14.5. The topological polar surface area (TPSA) is 95.9 Å². The highest BCUT2D eigenvalue weighted by atomic mass is 32.2. The molecule has 0 saturated heterocycles. The number of benzene rings is 3. The van der Waals surface area contributed by atoms with E-state index in [9.17, 15) is 18.3 Å². The molecule has 2 N–H and O–H groups in total. The van der Waals surface area contributed by atoms with E-state index in [1.165, 1.54) is 4.31 Å². The van der Waals surface area contributed by atoms with Crippen molar-refractivity contribution in [1.82, 2.24) is 9.62 Å². The third-order valence-corrected chi connectivity index (χ3v) is 9.60. The molecule has 0 spiro atoms. The number of nitrogens with zero attached hydrogens (tertiary/aromatic N) is 1. The number of unbranched alkanes of at least 4 members (excludes halogenated alkanes) is 2. The summed E-state index contributed by atoms with van der Waals surface area (Å²) in [6, 6.07) is 21.2. The maximum atomic E-state index is 14.2. The number of hydrogen-bond donors (Lipinski definition) is 2. The monoisotopic (exact) mass is 578 g/mol. The SMILES string of the molecule is CCCCCN(C1c2cc(CC(=O)NCc3ccccc3)ccc2OC(C)(C)C1O)S(=O)(=O)c1ccc(CC)cc1. The maximum Gasteiger partial charge on any atom is 0.243 e. The van der Waals surface area contributed by atoms with Crippen molar-refractivity contribution in [2.45, 2.75) is 89.0 Å². The van der Waals surface area contributed by atoms with E-state index in [0.29, 0.717) is 29.8 Å². The van der Waals surface area contributed by atoms with Gasteiger partial charge in [-0.05, 0) is 67.6 Å². The summed E-state index contributed by atoms with van der Waals surface area (Å²) in [5.74, 6) is 0.363. The Morgan fingerprint density at radius 3 is 2.29 bits per heavy atom. The van der Waals surface area contributed by atoms with Crippen LogP contribution in [0, 0.1) is 0 Å². The van der Waals surface area contributed by atoms with Crippen molar-refractivity contribution < 1.29 is 23.1 Å². The van der Waals surface area contributed by atoms with Gasteiger partial charge in [0.1, 0.15) is 17.5 Å². The first-order valence-corrected chi connectivity index (χ1v) is 15.9. The highest BCUT2D eigenvalue weighted by Crippen LogP contribution is 2.45. The molecule has 4 rings (SSSR count). The number of amides is 1. The van der Waals surface area contributed by atoms with Crippen molar-refractivity contribution in [3.05, 3.63) is 95.1 Å². The summed E-state index contributed by atoms with van der Waals surface area (Å²) < 4.78 is 36.0. The number of rotatable bonds is 12. The van der Waals surface area contributed by atoms with Crippen molar-refractivity contribution >= 4 is 15.9 Å². The van der Waals surface area contributed by atoms with E-state index < -0.39 is 27.8 Å². The molecule has 0 fully saturated rings. The molecule has 2 unspecified atom stereocenters. The Labute approximate surface area is 244 Å². The normalized spacial score (nSPS) is 18.0. The number of carbonyl (C=O) groups is 1. The van der Waals surface area contributed by atoms with Crippen LogP contribution in [0.3, 0.4) is 0 Å². The number of nitrogens with one attached hydrogen (secondary N) is 1. The summed E-state index contributed by atoms with van der Waals surface area (Å²) in [7, 11) is -3.97. The predicted molar refractivity (Wildman–Crippen MR) is 161 cm³/mol. The number of hydrogen-bond acceptors (Lipinski definition) is 5. The molecule has 7 nitrogen and oxygen atoms in total. The fourth-order valence-electron chi connectivity index (χ4n) is 5.24. The third kappa shape index (κ3) is 7.18. The van der Waals surface area contributed by atoms with Crippen LogP contribution in [0.25, 0.3) is 0 Å². The van der Waals surface area contributed by atoms with E-state index in [1.807, 2.05) is 61.5 Å². The number of sulfonamides is 1. The van der Waals surface area contributed by atoms with E-state index in [1.54, 1.807) is 32.0 Å². The third-order valence-electron chi connectivity index (χ3n) is 7.70. The van der Waals surface area contributed by atoms with E-state index >= 15 is 0 Å². The maximum absolute atomic E-state index is 14.2. The zero-order valence-corrected chi connectivity index (χ0v) is 25.3. The zero-order chi connectivity index (χ0) is 29.6. The molecule has 41 heavy (non-hydrogen) atoms. The second-order valence-corrected chi connectivity index (χ2v) is 13.1. The van der Waals surface area contributed by atoms with Gasteiger partial charge in [-0.15, -0.1) is 0 Å². The molecule has 220 valence electrons. The standard InChI is InChI=1S/C33H42N2O5S/c1-5-7-11-20-35(41(38,39)27-17-14-24(6-2)15-18-27)31-28-21-26(16-19-29(28)40-33(3,4)32(31)37)22-30(36)34-23-25-12-9-8-10-13-25/h8-10,12-19,21,31-32,37H,5-7,11,20,22-23H2,1-4H3,(H,34,36). The fourth-order valence-corrected chi connectivity index (χ4v) is 6.89. The van der Waals surface area contributed by atoms with Crippen molar-refractivity contribution in [3.8, 4) is 5.75 Å². The van der Waals surface area contributed by atoms with Crippen molar-refractivity contribution in [2.75, 3.05) is 6.54 Å². The average Bonchev–Trinajstić information content (AvgIpc) is 2.96. The number of aliphatic hydroxyl groups excluding tert-OH is 1. The lowest BCUT2D eigenvalue weighted by molar-refractivity contribution is -0.120. The molecule has 3 aromatic carbocycles. The Kier molecular flexibility index (Phi) is 9.89. The molecule has 3 aromatic rings. The molecule has 0 aliphatic carbocycles. The molecule has 0 radical (unpaired) electrons. The lowest BCUT2D eigenvalue weighted by Gasteiger charge is -2.46. The van der Waals surface area contributed by atoms with Gasteiger partial charge >= 0.3 is 0 Å². The minimum absolute atomic E-state index is 0.118. The Hall–Kier alpha value is -3.20. The van der Waals surface area contributed by atoms with Gasteiger partial charge in [0.2, 0.25) is 15.9 Å². The number of ether oxygens (including phenoxy) is 1. The summed E-state index contributed by atoms with van der Waals surface area (Å²) in [5, 5.41) is 14.6. The highest BCUT2D eigenvalue weighted by molar-refractivity contribution is 7.89. The lowest BCUT2D eigenvalue weighted by Crippen LogP contribution is -2.54. The van der Waals surface area contributed by atoms with Crippen LogP contribution in [0.4, 0.5) is 0 Å². The van der Waals surface area contributed by atoms with Crippen LogP contribution in [0.1, 0.15) is 75.3 Å². The average molecular weight is 579 g/mol. The molecule has 1 heterocycles. The van der Waals surface area contributed by atoms with Crippen LogP contribution in [0.2, 0.25) is 0 Å². The van der Waals surface area contributed by atoms with E-state index in [0.717, 1.165) is 30.4 Å². The van der Waals surface area contributed by atoms with Gasteiger partial charge in [-0.25, -0.2) is 8.42 Å². The van der Waals surface area contributed by atoms with Gasteiger partial charge in [-0.1, -0.05) is 75.2 Å². The van der Waals surface area contributed by atoms with E-state index in [-0.39, 0.29) is 23.8 Å². The summed E-state index contributed by atoms with van der Waals surface area (Å²) in [6.45, 7) is 8.31. The van der Waals surface area contributed by atoms with Crippen LogP contribution in [-0.2, 0) is 34.2 Å². The Bertz CT molecular complexity index is 1420. The predicted octanol–water partition coefficient (Wildman–Crippen LogP) is 5.56. The minimum Gasteiger partial charge on any atom is -0.485 e. The fraction of sp³-hybridized carbons (Fsp3) is 0.424. The van der Waals surface area contributed by atoms with Gasteiger partial charge in [0.05, 0.1) is 17.4 Å². The van der Waals surface area contributed by atoms with Gasteiger partial charge in [0.15, 0.2) is 0 Å². The van der Waals surface area contributed by atoms with Crippen molar-refractivity contribution in [2.24, 2.45) is 0 Å². The molecule has 8 heteroatoms. The van der Waals surface area contributed by atoms with Crippen LogP contribution >= 0.6 is 0 Å². The summed E-state index contributed by atoms with van der Waals surface area (Å²) in [6.07, 6.45) is 2.24. The molecular formula is C33H42N2O5S. The molecule has 0 saturated carbocycles. The molecule has 1 aliphatic heterocycles. The first kappa shape index (κ1) is 30.8. The highest BCUT2D eigenvalue weighted by Gasteiger charge is 2.48. The van der Waals surface area contributed by atoms with Crippen LogP contribution in [-0.4, -0.2) is 42.0 Å². The van der Waals surface area contributed by atoms with Gasteiger partial charge in [-0.2, -0.15) is 4.31 Å². The van der Waals surface area contributed by atoms with E-state index in [4.69, 9.17) is 4.74 Å². The van der Waals surface area contributed by atoms with E-state index in [2.05, 4.69) is 12.2 Å². The largest absolute Gasteiger partial charge is 0.485 e.